The number of amides is 2. The molecule has 2 fully saturated rings. The molecule has 0 N–H and O–H groups in total. The minimum Gasteiger partial charge on any atom is -0.481 e. The van der Waals surface area contributed by atoms with Gasteiger partial charge < -0.3 is 9.47 Å². The Balaban J connectivity index is 1.46. The standard InChI is InChI=1S/C24H22N2O5/c1-2-30-20(27)13-31-19-10-9-14-5-3-4-6-17(14)18(19)12-25-26-23(28)21-15-7-8-16(11-15)22(21)24(26)29/h3-10,12,15-16,21-22H,2,11,13H2,1H3/t15-,16-,21-,22+/m0/s1. The van der Waals surface area contributed by atoms with Crippen LogP contribution < -0.4 is 4.74 Å². The van der Waals surface area contributed by atoms with Crippen LogP contribution in [0.1, 0.15) is 18.9 Å². The fourth-order valence-corrected chi connectivity index (χ4v) is 4.99. The molecule has 2 bridgehead atoms. The molecule has 31 heavy (non-hydrogen) atoms. The summed E-state index contributed by atoms with van der Waals surface area (Å²) in [5, 5.41) is 7.10. The first-order valence-corrected chi connectivity index (χ1v) is 10.5. The van der Waals surface area contributed by atoms with Gasteiger partial charge >= 0.3 is 5.97 Å². The third-order valence-corrected chi connectivity index (χ3v) is 6.33. The Morgan fingerprint density at radius 3 is 2.52 bits per heavy atom. The fraction of sp³-hybridized carbons (Fsp3) is 0.333. The van der Waals surface area contributed by atoms with Gasteiger partial charge in [0.2, 0.25) is 0 Å². The average molecular weight is 418 g/mol. The number of nitrogens with zero attached hydrogens (tertiary/aromatic N) is 2. The molecule has 4 atom stereocenters. The molecule has 0 unspecified atom stereocenters. The van der Waals surface area contributed by atoms with Crippen molar-refractivity contribution in [3.8, 4) is 5.75 Å². The second kappa shape index (κ2) is 7.65. The molecule has 5 rings (SSSR count). The van der Waals surface area contributed by atoms with Gasteiger partial charge in [-0.1, -0.05) is 42.5 Å². The minimum atomic E-state index is -0.473. The lowest BCUT2D eigenvalue weighted by atomic mass is 9.85. The molecule has 1 saturated heterocycles. The van der Waals surface area contributed by atoms with Crippen LogP contribution in [0.5, 0.6) is 5.75 Å². The number of allylic oxidation sites excluding steroid dienone is 2. The molecular formula is C24H22N2O5. The summed E-state index contributed by atoms with van der Waals surface area (Å²) < 4.78 is 10.6. The lowest BCUT2D eigenvalue weighted by Gasteiger charge is -2.13. The quantitative estimate of drug-likeness (QED) is 0.312. The van der Waals surface area contributed by atoms with Crippen molar-refractivity contribution in [3.05, 3.63) is 54.1 Å². The SMILES string of the molecule is CCOC(=O)COc1ccc2ccccc2c1C=NN1C(=O)[C@@H]2[C@H](C1=O)[C@H]1C=C[C@H]2C1. The molecule has 7 heteroatoms. The van der Waals surface area contributed by atoms with Crippen LogP contribution in [0.2, 0.25) is 0 Å². The predicted molar refractivity (Wildman–Crippen MR) is 113 cm³/mol. The van der Waals surface area contributed by atoms with Gasteiger partial charge in [-0.15, -0.1) is 0 Å². The molecule has 1 aliphatic heterocycles. The van der Waals surface area contributed by atoms with Gasteiger partial charge in [0.1, 0.15) is 5.75 Å². The number of esters is 1. The number of hydrogen-bond donors (Lipinski definition) is 0. The number of carbonyl (C=O) groups is 3. The van der Waals surface area contributed by atoms with Gasteiger partial charge in [-0.3, -0.25) is 9.59 Å². The molecule has 2 aromatic carbocycles. The highest BCUT2D eigenvalue weighted by atomic mass is 16.6. The summed E-state index contributed by atoms with van der Waals surface area (Å²) in [5.41, 5.74) is 0.598. The Kier molecular flexibility index (Phi) is 4.81. The van der Waals surface area contributed by atoms with E-state index in [2.05, 4.69) is 17.3 Å². The molecule has 0 spiro atoms. The smallest absolute Gasteiger partial charge is 0.344 e. The van der Waals surface area contributed by atoms with Crippen LogP contribution in [0, 0.1) is 23.7 Å². The second-order valence-corrected chi connectivity index (χ2v) is 8.02. The van der Waals surface area contributed by atoms with Gasteiger partial charge in [0.25, 0.3) is 11.8 Å². The second-order valence-electron chi connectivity index (χ2n) is 8.02. The molecule has 2 aliphatic carbocycles. The number of ether oxygens (including phenoxy) is 2. The van der Waals surface area contributed by atoms with E-state index < -0.39 is 5.97 Å². The van der Waals surface area contributed by atoms with Crippen LogP contribution in [0.25, 0.3) is 10.8 Å². The Bertz CT molecular complexity index is 1110. The maximum atomic E-state index is 12.9. The van der Waals surface area contributed by atoms with Crippen LogP contribution in [0.4, 0.5) is 0 Å². The average Bonchev–Trinajstić information content (AvgIpc) is 3.45. The molecule has 0 aromatic heterocycles. The highest BCUT2D eigenvalue weighted by Gasteiger charge is 2.59. The Hall–Kier alpha value is -3.48. The monoisotopic (exact) mass is 418 g/mol. The summed E-state index contributed by atoms with van der Waals surface area (Å²) in [6.07, 6.45) is 6.46. The molecular weight excluding hydrogens is 396 g/mol. The van der Waals surface area contributed by atoms with Crippen LogP contribution >= 0.6 is 0 Å². The largest absolute Gasteiger partial charge is 0.481 e. The van der Waals surface area contributed by atoms with Crippen molar-refractivity contribution in [2.45, 2.75) is 13.3 Å². The van der Waals surface area contributed by atoms with Crippen molar-refractivity contribution < 1.29 is 23.9 Å². The summed E-state index contributed by atoms with van der Waals surface area (Å²) in [6, 6.07) is 11.3. The molecule has 1 heterocycles. The van der Waals surface area contributed by atoms with Crippen LogP contribution in [0.15, 0.2) is 53.7 Å². The van der Waals surface area contributed by atoms with E-state index in [1.807, 2.05) is 30.3 Å². The third kappa shape index (κ3) is 3.21. The van der Waals surface area contributed by atoms with Crippen molar-refractivity contribution in [1.82, 2.24) is 5.01 Å². The fourth-order valence-electron chi connectivity index (χ4n) is 4.99. The Labute approximate surface area is 179 Å². The van der Waals surface area contributed by atoms with Gasteiger partial charge in [-0.2, -0.15) is 10.1 Å². The zero-order chi connectivity index (χ0) is 21.5. The van der Waals surface area contributed by atoms with E-state index in [0.717, 1.165) is 22.2 Å². The summed E-state index contributed by atoms with van der Waals surface area (Å²) in [4.78, 5) is 37.6. The van der Waals surface area contributed by atoms with Gasteiger partial charge in [-0.05, 0) is 42.0 Å². The van der Waals surface area contributed by atoms with Crippen molar-refractivity contribution in [1.29, 1.82) is 0 Å². The molecule has 158 valence electrons. The zero-order valence-electron chi connectivity index (χ0n) is 17.1. The molecule has 0 radical (unpaired) electrons. The number of hydrazone groups is 1. The van der Waals surface area contributed by atoms with E-state index >= 15 is 0 Å². The van der Waals surface area contributed by atoms with Crippen molar-refractivity contribution >= 4 is 34.8 Å². The van der Waals surface area contributed by atoms with E-state index in [4.69, 9.17) is 9.47 Å². The normalized spacial score (nSPS) is 26.3. The van der Waals surface area contributed by atoms with Crippen molar-refractivity contribution in [3.63, 3.8) is 0 Å². The van der Waals surface area contributed by atoms with E-state index in [0.29, 0.717) is 11.3 Å². The van der Waals surface area contributed by atoms with E-state index in [1.54, 1.807) is 13.0 Å². The first-order valence-electron chi connectivity index (χ1n) is 10.5. The number of benzene rings is 2. The van der Waals surface area contributed by atoms with Gasteiger partial charge in [0, 0.05) is 5.56 Å². The summed E-state index contributed by atoms with van der Waals surface area (Å²) in [5.74, 6) is -0.857. The lowest BCUT2D eigenvalue weighted by molar-refractivity contribution is -0.145. The molecule has 7 nitrogen and oxygen atoms in total. The third-order valence-electron chi connectivity index (χ3n) is 6.33. The van der Waals surface area contributed by atoms with E-state index in [-0.39, 0.29) is 48.7 Å². The number of carbonyl (C=O) groups excluding carboxylic acids is 3. The first-order chi connectivity index (χ1) is 15.1. The predicted octanol–water partition coefficient (Wildman–Crippen LogP) is 2.92. The van der Waals surface area contributed by atoms with Crippen LogP contribution in [0.3, 0.4) is 0 Å². The van der Waals surface area contributed by atoms with Gasteiger partial charge in [-0.25, -0.2) is 4.79 Å². The molecule has 2 amide bonds. The molecule has 3 aliphatic rings. The van der Waals surface area contributed by atoms with Crippen LogP contribution in [-0.4, -0.2) is 42.2 Å². The summed E-state index contributed by atoms with van der Waals surface area (Å²) >= 11 is 0. The van der Waals surface area contributed by atoms with E-state index in [1.165, 1.54) is 6.21 Å². The number of fused-ring (bicyclic) bond motifs is 6. The van der Waals surface area contributed by atoms with Crippen LogP contribution in [-0.2, 0) is 19.1 Å². The molecule has 1 saturated carbocycles. The first kappa shape index (κ1) is 19.5. The molecule has 2 aromatic rings. The van der Waals surface area contributed by atoms with Gasteiger partial charge in [0.15, 0.2) is 6.61 Å². The Morgan fingerprint density at radius 1 is 1.10 bits per heavy atom. The van der Waals surface area contributed by atoms with Crippen molar-refractivity contribution in [2.24, 2.45) is 28.8 Å². The van der Waals surface area contributed by atoms with Crippen molar-refractivity contribution in [2.75, 3.05) is 13.2 Å². The lowest BCUT2D eigenvalue weighted by Crippen LogP contribution is -2.28. The maximum absolute atomic E-state index is 12.9. The minimum absolute atomic E-state index is 0.132. The Morgan fingerprint density at radius 2 is 1.81 bits per heavy atom. The highest BCUT2D eigenvalue weighted by molar-refractivity contribution is 6.08. The topological polar surface area (TPSA) is 85.3 Å². The number of hydrogen-bond acceptors (Lipinski definition) is 6. The maximum Gasteiger partial charge on any atom is 0.344 e. The van der Waals surface area contributed by atoms with Gasteiger partial charge in [0.05, 0.1) is 24.7 Å². The number of rotatable bonds is 6. The highest BCUT2D eigenvalue weighted by Crippen LogP contribution is 2.52. The summed E-state index contributed by atoms with van der Waals surface area (Å²) in [6.45, 7) is 1.76. The summed E-state index contributed by atoms with van der Waals surface area (Å²) in [7, 11) is 0. The van der Waals surface area contributed by atoms with E-state index in [9.17, 15) is 14.4 Å². The number of imide groups is 1. The zero-order valence-corrected chi connectivity index (χ0v) is 17.1.